The first kappa shape index (κ1) is 18.0. The maximum absolute atomic E-state index is 11.5. The number of benzene rings is 1. The van der Waals surface area contributed by atoms with Crippen molar-refractivity contribution < 1.29 is 19.0 Å². The summed E-state index contributed by atoms with van der Waals surface area (Å²) in [5, 5.41) is 12.2. The lowest BCUT2D eigenvalue weighted by Crippen LogP contribution is -2.30. The van der Waals surface area contributed by atoms with Crippen LogP contribution in [0, 0.1) is 10.1 Å². The Morgan fingerprint density at radius 2 is 1.96 bits per heavy atom. The standard InChI is InChI=1S/C12H15N4O7P/c1-3-15(23-24(2,21)22)6-7-4-8(16(19)20)5-9-10(7)14-12(18)11(17)13-9/h4-5H,3,6H2,1-2H3,(H,13,17)(H,14,18)(H,21,22). The summed E-state index contributed by atoms with van der Waals surface area (Å²) in [4.78, 5) is 47.3. The van der Waals surface area contributed by atoms with E-state index < -0.39 is 23.6 Å². The third-order valence-electron chi connectivity index (χ3n) is 3.07. The van der Waals surface area contributed by atoms with E-state index in [0.717, 1.165) is 17.8 Å². The van der Waals surface area contributed by atoms with Gasteiger partial charge in [0, 0.05) is 30.9 Å². The zero-order valence-corrected chi connectivity index (χ0v) is 13.7. The van der Waals surface area contributed by atoms with E-state index in [-0.39, 0.29) is 35.4 Å². The summed E-state index contributed by atoms with van der Waals surface area (Å²) in [7, 11) is -3.82. The molecule has 2 aromatic rings. The summed E-state index contributed by atoms with van der Waals surface area (Å²) >= 11 is 0. The van der Waals surface area contributed by atoms with Gasteiger partial charge in [0.05, 0.1) is 22.5 Å². The molecule has 1 heterocycles. The summed E-state index contributed by atoms with van der Waals surface area (Å²) in [6, 6.07) is 2.31. The first-order valence-corrected chi connectivity index (χ1v) is 8.81. The van der Waals surface area contributed by atoms with Crippen LogP contribution >= 0.6 is 7.60 Å². The van der Waals surface area contributed by atoms with Crippen LogP contribution in [0.2, 0.25) is 0 Å². The monoisotopic (exact) mass is 358 g/mol. The molecule has 0 fully saturated rings. The lowest BCUT2D eigenvalue weighted by atomic mass is 10.1. The van der Waals surface area contributed by atoms with Gasteiger partial charge in [-0.2, -0.15) is 5.06 Å². The average Bonchev–Trinajstić information content (AvgIpc) is 2.46. The van der Waals surface area contributed by atoms with Crippen molar-refractivity contribution >= 4 is 24.3 Å². The van der Waals surface area contributed by atoms with E-state index in [9.17, 15) is 29.2 Å². The number of fused-ring (bicyclic) bond motifs is 1. The fraction of sp³-hybridized carbons (Fsp3) is 0.333. The molecule has 2 rings (SSSR count). The molecule has 0 aliphatic rings. The maximum atomic E-state index is 11.5. The molecule has 3 N–H and O–H groups in total. The molecule has 12 heteroatoms. The molecular formula is C12H15N4O7P. The van der Waals surface area contributed by atoms with Gasteiger partial charge in [0.1, 0.15) is 0 Å². The predicted octanol–water partition coefficient (Wildman–Crippen LogP) is 0.693. The Morgan fingerprint density at radius 1 is 1.33 bits per heavy atom. The first-order chi connectivity index (χ1) is 11.1. The van der Waals surface area contributed by atoms with E-state index in [1.807, 2.05) is 0 Å². The van der Waals surface area contributed by atoms with Crippen LogP contribution in [0.25, 0.3) is 11.0 Å². The van der Waals surface area contributed by atoms with Crippen LogP contribution in [0.1, 0.15) is 12.5 Å². The number of hydrogen-bond donors (Lipinski definition) is 3. The number of nitrogens with zero attached hydrogens (tertiary/aromatic N) is 2. The zero-order valence-electron chi connectivity index (χ0n) is 12.8. The number of hydrogen-bond acceptors (Lipinski definition) is 7. The van der Waals surface area contributed by atoms with E-state index >= 15 is 0 Å². The number of H-pyrrole nitrogens is 2. The van der Waals surface area contributed by atoms with Crippen LogP contribution in [0.5, 0.6) is 0 Å². The molecule has 1 unspecified atom stereocenters. The summed E-state index contributed by atoms with van der Waals surface area (Å²) in [5.74, 6) is 0. The van der Waals surface area contributed by atoms with Gasteiger partial charge < -0.3 is 14.9 Å². The Hall–Kier alpha value is -2.33. The smallest absolute Gasteiger partial charge is 0.324 e. The molecule has 0 saturated heterocycles. The van der Waals surface area contributed by atoms with Crippen LogP contribution in [-0.4, -0.2) is 38.1 Å². The van der Waals surface area contributed by atoms with Crippen molar-refractivity contribution in [3.05, 3.63) is 48.5 Å². The van der Waals surface area contributed by atoms with Crippen molar-refractivity contribution in [3.8, 4) is 0 Å². The quantitative estimate of drug-likeness (QED) is 0.294. The van der Waals surface area contributed by atoms with E-state index in [1.54, 1.807) is 6.92 Å². The van der Waals surface area contributed by atoms with Crippen LogP contribution in [0.4, 0.5) is 5.69 Å². The molecule has 0 saturated carbocycles. The fourth-order valence-electron chi connectivity index (χ4n) is 2.11. The van der Waals surface area contributed by atoms with Crippen LogP contribution in [-0.2, 0) is 15.7 Å². The Bertz CT molecular complexity index is 945. The third kappa shape index (κ3) is 4.15. The van der Waals surface area contributed by atoms with Gasteiger partial charge >= 0.3 is 18.7 Å². The minimum atomic E-state index is -3.82. The fourth-order valence-corrected chi connectivity index (χ4v) is 2.72. The number of nitro benzene ring substituents is 1. The topological polar surface area (TPSA) is 159 Å². The SMILES string of the molecule is CCN(Cc1cc([N+](=O)[O-])cc2[nH]c(=O)c(=O)[nH]c12)OP(C)(=O)O. The Balaban J connectivity index is 2.60. The molecule has 1 aromatic heterocycles. The minimum Gasteiger partial charge on any atom is -0.324 e. The van der Waals surface area contributed by atoms with E-state index in [1.165, 1.54) is 6.07 Å². The van der Waals surface area contributed by atoms with Gasteiger partial charge in [-0.1, -0.05) is 6.92 Å². The van der Waals surface area contributed by atoms with Crippen LogP contribution < -0.4 is 11.1 Å². The van der Waals surface area contributed by atoms with Crippen LogP contribution in [0.15, 0.2) is 21.7 Å². The second-order valence-corrected chi connectivity index (χ2v) is 6.80. The van der Waals surface area contributed by atoms with Crippen molar-refractivity contribution in [1.29, 1.82) is 0 Å². The second-order valence-electron chi connectivity index (χ2n) is 5.03. The number of hydroxylamine groups is 2. The summed E-state index contributed by atoms with van der Waals surface area (Å²) in [6.07, 6.45) is 0. The van der Waals surface area contributed by atoms with Gasteiger partial charge in [-0.05, 0) is 0 Å². The molecule has 0 aliphatic heterocycles. The van der Waals surface area contributed by atoms with E-state index in [2.05, 4.69) is 9.97 Å². The third-order valence-corrected chi connectivity index (χ3v) is 3.61. The molecule has 130 valence electrons. The highest BCUT2D eigenvalue weighted by atomic mass is 31.2. The Kier molecular flexibility index (Phi) is 4.99. The maximum Gasteiger partial charge on any atom is 0.341 e. The molecule has 1 aromatic carbocycles. The molecule has 0 amide bonds. The van der Waals surface area contributed by atoms with Gasteiger partial charge in [0.2, 0.25) is 0 Å². The summed E-state index contributed by atoms with van der Waals surface area (Å²) < 4.78 is 16.3. The van der Waals surface area contributed by atoms with Gasteiger partial charge in [0.15, 0.2) is 0 Å². The van der Waals surface area contributed by atoms with Crippen molar-refractivity contribution in [2.24, 2.45) is 0 Å². The normalized spacial score (nSPS) is 14.0. The molecule has 0 bridgehead atoms. The molecule has 1 atom stereocenters. The first-order valence-electron chi connectivity index (χ1n) is 6.79. The highest BCUT2D eigenvalue weighted by Crippen LogP contribution is 2.38. The lowest BCUT2D eigenvalue weighted by molar-refractivity contribution is -0.384. The van der Waals surface area contributed by atoms with Gasteiger partial charge in [-0.25, -0.2) is 4.62 Å². The van der Waals surface area contributed by atoms with E-state index in [0.29, 0.717) is 0 Å². The average molecular weight is 358 g/mol. The summed E-state index contributed by atoms with van der Waals surface area (Å²) in [6.45, 7) is 2.74. The Labute approximate surface area is 134 Å². The molecule has 0 radical (unpaired) electrons. The molecule has 0 spiro atoms. The van der Waals surface area contributed by atoms with Gasteiger partial charge in [-0.3, -0.25) is 24.3 Å². The number of rotatable bonds is 6. The second kappa shape index (κ2) is 6.65. The predicted molar refractivity (Wildman–Crippen MR) is 84.8 cm³/mol. The highest BCUT2D eigenvalue weighted by Gasteiger charge is 2.20. The van der Waals surface area contributed by atoms with Crippen LogP contribution in [0.3, 0.4) is 0 Å². The Morgan fingerprint density at radius 3 is 2.50 bits per heavy atom. The van der Waals surface area contributed by atoms with Crippen molar-refractivity contribution in [2.75, 3.05) is 13.2 Å². The van der Waals surface area contributed by atoms with Crippen molar-refractivity contribution in [1.82, 2.24) is 15.0 Å². The summed E-state index contributed by atoms with van der Waals surface area (Å²) in [5.41, 5.74) is -1.65. The zero-order chi connectivity index (χ0) is 18.1. The minimum absolute atomic E-state index is 0.0727. The number of aromatic nitrogens is 2. The van der Waals surface area contributed by atoms with Crippen molar-refractivity contribution in [3.63, 3.8) is 0 Å². The van der Waals surface area contributed by atoms with Gasteiger partial charge in [0.25, 0.3) is 5.69 Å². The lowest BCUT2D eigenvalue weighted by Gasteiger charge is -2.21. The number of nitrogens with one attached hydrogen (secondary N) is 2. The largest absolute Gasteiger partial charge is 0.341 e. The number of non-ortho nitro benzene ring substituents is 1. The molecule has 0 aliphatic carbocycles. The highest BCUT2D eigenvalue weighted by molar-refractivity contribution is 7.51. The number of nitro groups is 1. The molecular weight excluding hydrogens is 343 g/mol. The number of aromatic amines is 2. The van der Waals surface area contributed by atoms with Gasteiger partial charge in [-0.15, -0.1) is 0 Å². The molecule has 11 nitrogen and oxygen atoms in total. The van der Waals surface area contributed by atoms with Crippen molar-refractivity contribution in [2.45, 2.75) is 13.5 Å². The van der Waals surface area contributed by atoms with E-state index in [4.69, 9.17) is 4.62 Å². The molecule has 24 heavy (non-hydrogen) atoms.